The number of hydrogen-bond acceptors (Lipinski definition) is 7. The summed E-state index contributed by atoms with van der Waals surface area (Å²) in [4.78, 5) is 15.3. The summed E-state index contributed by atoms with van der Waals surface area (Å²) in [5.74, 6) is 1.50. The maximum absolute atomic E-state index is 10.3. The molecule has 0 saturated carbocycles. The molecule has 4 heterocycles. The highest BCUT2D eigenvalue weighted by Crippen LogP contribution is 2.49. The zero-order valence-corrected chi connectivity index (χ0v) is 22.4. The number of phenols is 1. The molecular weight excluding hydrogens is 462 g/mol. The highest BCUT2D eigenvalue weighted by atomic mass is 16.5. The van der Waals surface area contributed by atoms with Gasteiger partial charge in [-0.05, 0) is 101 Å². The maximum Gasteiger partial charge on any atom is 0.318 e. The number of likely N-dealkylation sites (tertiary alicyclic amines) is 1. The number of piperazine rings is 1. The molecule has 2 aromatic rings. The van der Waals surface area contributed by atoms with Crippen molar-refractivity contribution >= 4 is 5.82 Å². The van der Waals surface area contributed by atoms with E-state index in [0.29, 0.717) is 42.5 Å². The van der Waals surface area contributed by atoms with E-state index in [9.17, 15) is 5.11 Å². The molecule has 1 spiro atoms. The zero-order valence-electron chi connectivity index (χ0n) is 22.4. The Morgan fingerprint density at radius 2 is 1.92 bits per heavy atom. The van der Waals surface area contributed by atoms with Crippen LogP contribution in [0.15, 0.2) is 18.2 Å². The van der Waals surface area contributed by atoms with E-state index in [-0.39, 0.29) is 5.41 Å². The van der Waals surface area contributed by atoms with Crippen LogP contribution < -0.4 is 15.0 Å². The largest absolute Gasteiger partial charge is 0.508 e. The first kappa shape index (κ1) is 23.7. The predicted octanol–water partition coefficient (Wildman–Crippen LogP) is 3.75. The molecule has 3 saturated heterocycles. The summed E-state index contributed by atoms with van der Waals surface area (Å²) in [6, 6.07) is 8.62. The number of aromatic nitrogens is 2. The number of nitrogens with one attached hydrogen (secondary N) is 1. The van der Waals surface area contributed by atoms with Crippen molar-refractivity contribution in [3.05, 3.63) is 40.6 Å². The second-order valence-corrected chi connectivity index (χ2v) is 12.5. The van der Waals surface area contributed by atoms with Gasteiger partial charge in [0.15, 0.2) is 0 Å². The Balaban J connectivity index is 1.22. The Morgan fingerprint density at radius 3 is 2.73 bits per heavy atom. The lowest BCUT2D eigenvalue weighted by molar-refractivity contribution is 0.138. The van der Waals surface area contributed by atoms with Crippen LogP contribution in [0, 0.1) is 0 Å². The van der Waals surface area contributed by atoms with Gasteiger partial charge >= 0.3 is 6.01 Å². The quantitative estimate of drug-likeness (QED) is 0.644. The molecule has 0 radical (unpaired) electrons. The lowest BCUT2D eigenvalue weighted by atomic mass is 9.69. The molecule has 37 heavy (non-hydrogen) atoms. The third kappa shape index (κ3) is 4.19. The lowest BCUT2D eigenvalue weighted by Crippen LogP contribution is -2.52. The predicted molar refractivity (Wildman–Crippen MR) is 145 cm³/mol. The minimum absolute atomic E-state index is 0.0618. The van der Waals surface area contributed by atoms with Gasteiger partial charge in [-0.15, -0.1) is 0 Å². The lowest BCUT2D eigenvalue weighted by Gasteiger charge is -2.39. The van der Waals surface area contributed by atoms with Crippen molar-refractivity contribution in [3.63, 3.8) is 0 Å². The molecule has 7 heteroatoms. The molecule has 2 bridgehead atoms. The van der Waals surface area contributed by atoms with Crippen LogP contribution in [0.5, 0.6) is 11.8 Å². The fourth-order valence-electron chi connectivity index (χ4n) is 8.08. The Morgan fingerprint density at radius 1 is 1.11 bits per heavy atom. The molecule has 4 atom stereocenters. The van der Waals surface area contributed by atoms with Crippen LogP contribution in [-0.2, 0) is 24.7 Å². The first-order valence-electron chi connectivity index (χ1n) is 14.6. The number of fused-ring (bicyclic) bond motifs is 5. The summed E-state index contributed by atoms with van der Waals surface area (Å²) < 4.78 is 6.43. The van der Waals surface area contributed by atoms with Crippen molar-refractivity contribution in [2.45, 2.75) is 101 Å². The smallest absolute Gasteiger partial charge is 0.318 e. The van der Waals surface area contributed by atoms with Gasteiger partial charge in [0, 0.05) is 48.2 Å². The van der Waals surface area contributed by atoms with Crippen LogP contribution in [0.4, 0.5) is 5.82 Å². The molecule has 198 valence electrons. The third-order valence-electron chi connectivity index (χ3n) is 9.95. The summed E-state index contributed by atoms with van der Waals surface area (Å²) in [7, 11) is 0. The first-order valence-corrected chi connectivity index (χ1v) is 14.6. The van der Waals surface area contributed by atoms with Gasteiger partial charge < -0.3 is 20.1 Å². The third-order valence-corrected chi connectivity index (χ3v) is 9.95. The summed E-state index contributed by atoms with van der Waals surface area (Å²) in [6.07, 6.45) is 10.1. The highest BCUT2D eigenvalue weighted by Gasteiger charge is 2.44. The summed E-state index contributed by atoms with van der Waals surface area (Å²) in [5.41, 5.74) is 5.28. The van der Waals surface area contributed by atoms with Crippen molar-refractivity contribution in [3.8, 4) is 11.8 Å². The number of phenolic OH excluding ortho intramolecular Hbond substituents is 1. The standard InChI is InChI=1S/C30H41N5O2/c1-19(2)35-13-3-4-23(35)18-37-29-32-27-15-30(11-9-20-5-8-24(36)14-26(20)30)12-10-25(27)28(33-29)34-16-21-6-7-22(17-34)31-21/h5,8,14,19,21-23,31,36H,3-4,6-7,9-13,15-18H2,1-2H3/t21-,22+,23-,30?/m0/s1. The van der Waals surface area contributed by atoms with Crippen molar-refractivity contribution in [2.75, 3.05) is 31.1 Å². The second kappa shape index (κ2) is 9.12. The summed E-state index contributed by atoms with van der Waals surface area (Å²) in [5, 5.41) is 14.1. The monoisotopic (exact) mass is 503 g/mol. The van der Waals surface area contributed by atoms with Gasteiger partial charge in [-0.25, -0.2) is 0 Å². The second-order valence-electron chi connectivity index (χ2n) is 12.5. The van der Waals surface area contributed by atoms with Crippen LogP contribution in [-0.4, -0.2) is 70.4 Å². The molecule has 2 N–H and O–H groups in total. The van der Waals surface area contributed by atoms with Crippen molar-refractivity contribution in [2.24, 2.45) is 0 Å². The molecule has 7 rings (SSSR count). The normalized spacial score (nSPS) is 30.8. The highest BCUT2D eigenvalue weighted by molar-refractivity contribution is 5.55. The number of nitrogens with zero attached hydrogens (tertiary/aromatic N) is 4. The Hall–Kier alpha value is -2.38. The fourth-order valence-corrected chi connectivity index (χ4v) is 8.08. The summed E-state index contributed by atoms with van der Waals surface area (Å²) >= 11 is 0. The molecule has 3 fully saturated rings. The number of anilines is 1. The van der Waals surface area contributed by atoms with Crippen molar-refractivity contribution in [1.29, 1.82) is 0 Å². The average Bonchev–Trinajstić information content (AvgIpc) is 3.60. The molecule has 1 aromatic carbocycles. The molecule has 1 unspecified atom stereocenters. The number of aromatic hydroxyl groups is 1. The summed E-state index contributed by atoms with van der Waals surface area (Å²) in [6.45, 7) is 8.41. The van der Waals surface area contributed by atoms with Gasteiger partial charge in [-0.2, -0.15) is 9.97 Å². The molecular formula is C30H41N5O2. The number of benzene rings is 1. The topological polar surface area (TPSA) is 73.8 Å². The van der Waals surface area contributed by atoms with Crippen LogP contribution in [0.3, 0.4) is 0 Å². The molecule has 0 amide bonds. The van der Waals surface area contributed by atoms with E-state index in [4.69, 9.17) is 14.7 Å². The van der Waals surface area contributed by atoms with E-state index in [1.807, 2.05) is 12.1 Å². The van der Waals surface area contributed by atoms with E-state index >= 15 is 0 Å². The van der Waals surface area contributed by atoms with E-state index in [1.54, 1.807) is 0 Å². The van der Waals surface area contributed by atoms with Crippen LogP contribution in [0.1, 0.15) is 74.8 Å². The van der Waals surface area contributed by atoms with Crippen molar-refractivity contribution in [1.82, 2.24) is 20.2 Å². The zero-order chi connectivity index (χ0) is 25.1. The van der Waals surface area contributed by atoms with Crippen LogP contribution in [0.2, 0.25) is 0 Å². The van der Waals surface area contributed by atoms with Gasteiger partial charge in [0.1, 0.15) is 18.2 Å². The minimum atomic E-state index is 0.0618. The Bertz CT molecular complexity index is 1170. The van der Waals surface area contributed by atoms with Gasteiger partial charge in [0.2, 0.25) is 0 Å². The van der Waals surface area contributed by atoms with Gasteiger partial charge in [-0.3, -0.25) is 4.90 Å². The number of ether oxygens (including phenoxy) is 1. The van der Waals surface area contributed by atoms with E-state index in [2.05, 4.69) is 35.0 Å². The first-order chi connectivity index (χ1) is 18.0. The van der Waals surface area contributed by atoms with Gasteiger partial charge in [-0.1, -0.05) is 6.07 Å². The maximum atomic E-state index is 10.3. The Kier molecular flexibility index (Phi) is 5.85. The number of hydrogen-bond donors (Lipinski definition) is 2. The Labute approximate surface area is 220 Å². The SMILES string of the molecule is CC(C)N1CCC[C@H]1COc1nc2c(c(N3C[C@H]4CC[C@@H](C3)N4)n1)CCC1(CCc3ccc(O)cc31)C2. The van der Waals surface area contributed by atoms with E-state index in [1.165, 1.54) is 48.1 Å². The molecule has 2 aliphatic carbocycles. The van der Waals surface area contributed by atoms with Crippen LogP contribution in [0.25, 0.3) is 0 Å². The molecule has 7 nitrogen and oxygen atoms in total. The van der Waals surface area contributed by atoms with Crippen molar-refractivity contribution < 1.29 is 9.84 Å². The van der Waals surface area contributed by atoms with Gasteiger partial charge in [0.25, 0.3) is 0 Å². The number of aryl methyl sites for hydroxylation is 1. The molecule has 1 aromatic heterocycles. The molecule has 5 aliphatic rings. The van der Waals surface area contributed by atoms with Crippen LogP contribution >= 0.6 is 0 Å². The van der Waals surface area contributed by atoms with E-state index < -0.39 is 0 Å². The average molecular weight is 504 g/mol. The van der Waals surface area contributed by atoms with E-state index in [0.717, 1.165) is 57.6 Å². The molecule has 3 aliphatic heterocycles. The number of rotatable bonds is 5. The fraction of sp³-hybridized carbons (Fsp3) is 0.667. The van der Waals surface area contributed by atoms with Gasteiger partial charge in [0.05, 0.1) is 5.69 Å². The minimum Gasteiger partial charge on any atom is -0.508 e.